The van der Waals surface area contributed by atoms with Gasteiger partial charge in [-0.15, -0.1) is 12.4 Å². The Morgan fingerprint density at radius 2 is 2.04 bits per heavy atom. The summed E-state index contributed by atoms with van der Waals surface area (Å²) in [6.07, 6.45) is 1.21. The fourth-order valence-electron chi connectivity index (χ4n) is 3.56. The van der Waals surface area contributed by atoms with E-state index >= 15 is 0 Å². The van der Waals surface area contributed by atoms with E-state index in [1.807, 2.05) is 30.1 Å². The monoisotopic (exact) mass is 401 g/mol. The molecule has 0 saturated carbocycles. The molecule has 2 heterocycles. The van der Waals surface area contributed by atoms with Crippen molar-refractivity contribution in [3.05, 3.63) is 34.9 Å². The van der Waals surface area contributed by atoms with Gasteiger partial charge in [-0.3, -0.25) is 9.59 Å². The molecular weight excluding hydrogens is 377 g/mol. The second kappa shape index (κ2) is 9.55. The van der Waals surface area contributed by atoms with Crippen molar-refractivity contribution in [2.24, 2.45) is 5.92 Å². The van der Waals surface area contributed by atoms with E-state index in [2.05, 4.69) is 10.6 Å². The fraction of sp³-hybridized carbons (Fsp3) is 0.556. The van der Waals surface area contributed by atoms with Gasteiger partial charge < -0.3 is 20.3 Å². The first-order valence-corrected chi connectivity index (χ1v) is 9.06. The van der Waals surface area contributed by atoms with E-state index in [1.54, 1.807) is 6.07 Å². The van der Waals surface area contributed by atoms with Crippen LogP contribution in [0.3, 0.4) is 0 Å². The molecule has 0 aromatic heterocycles. The lowest BCUT2D eigenvalue weighted by Crippen LogP contribution is -2.54. The molecule has 6 nitrogen and oxygen atoms in total. The standard InChI is InChI=1S/C18H24ClN3O3.ClH/c1-20-10-12-6-8-22(9-7-12)18(24)17-16(21-15(23)11-25-17)13-4-2-3-5-14(13)19;/h2-5,12,16-17,20H,6-11H2,1H3,(H,21,23);1H/t16-,17+;/m1./s1. The van der Waals surface area contributed by atoms with Crippen LogP contribution in [0.5, 0.6) is 0 Å². The number of piperidine rings is 1. The molecule has 0 spiro atoms. The Morgan fingerprint density at radius 1 is 1.35 bits per heavy atom. The third kappa shape index (κ3) is 4.68. The van der Waals surface area contributed by atoms with Crippen LogP contribution in [0.25, 0.3) is 0 Å². The van der Waals surface area contributed by atoms with Gasteiger partial charge in [-0.05, 0) is 44.0 Å². The molecular formula is C18H25Cl2N3O3. The fourth-order valence-corrected chi connectivity index (χ4v) is 3.81. The predicted octanol–water partition coefficient (Wildman–Crippen LogP) is 1.78. The topological polar surface area (TPSA) is 70.7 Å². The summed E-state index contributed by atoms with van der Waals surface area (Å²) in [7, 11) is 1.95. The highest BCUT2D eigenvalue weighted by molar-refractivity contribution is 6.31. The molecule has 2 fully saturated rings. The Bertz CT molecular complexity index is 636. The van der Waals surface area contributed by atoms with Crippen LogP contribution in [0.4, 0.5) is 0 Å². The van der Waals surface area contributed by atoms with Crippen LogP contribution in [-0.2, 0) is 14.3 Å². The van der Waals surface area contributed by atoms with E-state index in [-0.39, 0.29) is 30.8 Å². The summed E-state index contributed by atoms with van der Waals surface area (Å²) in [6, 6.07) is 6.68. The molecule has 0 unspecified atom stereocenters. The van der Waals surface area contributed by atoms with E-state index in [0.717, 1.165) is 19.4 Å². The second-order valence-corrected chi connectivity index (χ2v) is 7.03. The number of carbonyl (C=O) groups is 2. The van der Waals surface area contributed by atoms with Crippen LogP contribution in [-0.4, -0.2) is 56.1 Å². The van der Waals surface area contributed by atoms with Crippen LogP contribution in [0, 0.1) is 5.92 Å². The number of hydrogen-bond donors (Lipinski definition) is 2. The van der Waals surface area contributed by atoms with Gasteiger partial charge in [-0.1, -0.05) is 29.8 Å². The summed E-state index contributed by atoms with van der Waals surface area (Å²) in [6.45, 7) is 2.30. The Morgan fingerprint density at radius 3 is 2.69 bits per heavy atom. The first-order chi connectivity index (χ1) is 12.1. The van der Waals surface area contributed by atoms with Crippen LogP contribution < -0.4 is 10.6 Å². The van der Waals surface area contributed by atoms with Gasteiger partial charge in [0.05, 0.1) is 6.04 Å². The summed E-state index contributed by atoms with van der Waals surface area (Å²) >= 11 is 6.28. The highest BCUT2D eigenvalue weighted by Crippen LogP contribution is 2.30. The second-order valence-electron chi connectivity index (χ2n) is 6.62. The molecule has 144 valence electrons. The third-order valence-corrected chi connectivity index (χ3v) is 5.26. The van der Waals surface area contributed by atoms with Gasteiger partial charge >= 0.3 is 0 Å². The van der Waals surface area contributed by atoms with Crippen molar-refractivity contribution >= 4 is 35.8 Å². The van der Waals surface area contributed by atoms with Gasteiger partial charge in [0, 0.05) is 18.1 Å². The Kier molecular flexibility index (Phi) is 7.70. The molecule has 2 atom stereocenters. The number of likely N-dealkylation sites (tertiary alicyclic amines) is 1. The lowest BCUT2D eigenvalue weighted by molar-refractivity contribution is -0.156. The zero-order valence-electron chi connectivity index (χ0n) is 14.7. The minimum atomic E-state index is -0.738. The van der Waals surface area contributed by atoms with Gasteiger partial charge in [0.15, 0.2) is 6.10 Å². The quantitative estimate of drug-likeness (QED) is 0.806. The predicted molar refractivity (Wildman–Crippen MR) is 103 cm³/mol. The Balaban J connectivity index is 0.00000243. The maximum absolute atomic E-state index is 13.0. The summed E-state index contributed by atoms with van der Waals surface area (Å²) < 4.78 is 5.63. The third-order valence-electron chi connectivity index (χ3n) is 4.92. The number of carbonyl (C=O) groups excluding carboxylic acids is 2. The zero-order valence-corrected chi connectivity index (χ0v) is 16.3. The van der Waals surface area contributed by atoms with E-state index in [9.17, 15) is 9.59 Å². The zero-order chi connectivity index (χ0) is 17.8. The smallest absolute Gasteiger partial charge is 0.254 e. The number of halogens is 2. The number of amides is 2. The van der Waals surface area contributed by atoms with Crippen molar-refractivity contribution < 1.29 is 14.3 Å². The molecule has 2 amide bonds. The van der Waals surface area contributed by atoms with Crippen molar-refractivity contribution in [2.45, 2.75) is 25.0 Å². The summed E-state index contributed by atoms with van der Waals surface area (Å²) in [4.78, 5) is 26.7. The number of nitrogens with zero attached hydrogens (tertiary/aromatic N) is 1. The van der Waals surface area contributed by atoms with Crippen molar-refractivity contribution in [1.29, 1.82) is 0 Å². The molecule has 2 aliphatic heterocycles. The van der Waals surface area contributed by atoms with Gasteiger partial charge in [-0.25, -0.2) is 0 Å². The molecule has 26 heavy (non-hydrogen) atoms. The normalized spacial score (nSPS) is 23.9. The number of nitrogens with one attached hydrogen (secondary N) is 2. The van der Waals surface area contributed by atoms with Crippen molar-refractivity contribution in [3.8, 4) is 0 Å². The molecule has 0 radical (unpaired) electrons. The molecule has 2 saturated heterocycles. The maximum atomic E-state index is 13.0. The first kappa shape index (κ1) is 21.0. The summed E-state index contributed by atoms with van der Waals surface area (Å²) in [5, 5.41) is 6.58. The SMILES string of the molecule is CNCC1CCN(C(=O)[C@H]2OCC(=O)N[C@@H]2c2ccccc2Cl)CC1.Cl. The van der Waals surface area contributed by atoms with E-state index in [1.165, 1.54) is 0 Å². The van der Waals surface area contributed by atoms with Crippen molar-refractivity contribution in [1.82, 2.24) is 15.5 Å². The minimum absolute atomic E-state index is 0. The Hall–Kier alpha value is -1.34. The molecule has 1 aromatic rings. The molecule has 3 rings (SSSR count). The molecule has 8 heteroatoms. The molecule has 2 N–H and O–H groups in total. The maximum Gasteiger partial charge on any atom is 0.254 e. The Labute approximate surface area is 165 Å². The number of hydrogen-bond acceptors (Lipinski definition) is 4. The van der Waals surface area contributed by atoms with E-state index in [0.29, 0.717) is 29.6 Å². The van der Waals surface area contributed by atoms with Crippen LogP contribution in [0.15, 0.2) is 24.3 Å². The van der Waals surface area contributed by atoms with Gasteiger partial charge in [-0.2, -0.15) is 0 Å². The molecule has 0 aliphatic carbocycles. The van der Waals surface area contributed by atoms with E-state index in [4.69, 9.17) is 16.3 Å². The molecule has 0 bridgehead atoms. The van der Waals surface area contributed by atoms with Gasteiger partial charge in [0.2, 0.25) is 5.91 Å². The van der Waals surface area contributed by atoms with Crippen LogP contribution >= 0.6 is 24.0 Å². The lowest BCUT2D eigenvalue weighted by atomic mass is 9.94. The average Bonchev–Trinajstić information content (AvgIpc) is 2.62. The lowest BCUT2D eigenvalue weighted by Gasteiger charge is -2.38. The minimum Gasteiger partial charge on any atom is -0.356 e. The summed E-state index contributed by atoms with van der Waals surface area (Å²) in [5.74, 6) is 0.287. The number of benzene rings is 1. The number of ether oxygens (including phenoxy) is 1. The largest absolute Gasteiger partial charge is 0.356 e. The highest BCUT2D eigenvalue weighted by Gasteiger charge is 2.39. The van der Waals surface area contributed by atoms with Gasteiger partial charge in [0.1, 0.15) is 6.61 Å². The molecule has 2 aliphatic rings. The van der Waals surface area contributed by atoms with Crippen molar-refractivity contribution in [2.75, 3.05) is 33.3 Å². The number of morpholine rings is 1. The van der Waals surface area contributed by atoms with Gasteiger partial charge in [0.25, 0.3) is 5.91 Å². The van der Waals surface area contributed by atoms with Crippen LogP contribution in [0.2, 0.25) is 5.02 Å². The van der Waals surface area contributed by atoms with Crippen LogP contribution in [0.1, 0.15) is 24.4 Å². The first-order valence-electron chi connectivity index (χ1n) is 8.69. The molecule has 1 aromatic carbocycles. The average molecular weight is 402 g/mol. The number of rotatable bonds is 4. The van der Waals surface area contributed by atoms with E-state index < -0.39 is 12.1 Å². The highest BCUT2D eigenvalue weighted by atomic mass is 35.5. The van der Waals surface area contributed by atoms with Crippen molar-refractivity contribution in [3.63, 3.8) is 0 Å². The summed E-state index contributed by atoms with van der Waals surface area (Å²) in [5.41, 5.74) is 0.709.